The predicted octanol–water partition coefficient (Wildman–Crippen LogP) is 6.61. The van der Waals surface area contributed by atoms with Gasteiger partial charge in [-0.25, -0.2) is 4.79 Å². The van der Waals surface area contributed by atoms with Crippen LogP contribution >= 0.6 is 11.3 Å². The van der Waals surface area contributed by atoms with Gasteiger partial charge in [-0.05, 0) is 85.5 Å². The van der Waals surface area contributed by atoms with E-state index in [4.69, 9.17) is 0 Å². The second kappa shape index (κ2) is 6.72. The van der Waals surface area contributed by atoms with Crippen molar-refractivity contribution in [1.29, 1.82) is 0 Å². The Hall–Kier alpha value is -1.07. The molecule has 31 heavy (non-hydrogen) atoms. The molecule has 3 aliphatic carbocycles. The number of fused-ring (bicyclic) bond motifs is 5. The third kappa shape index (κ3) is 2.91. The van der Waals surface area contributed by atoms with Gasteiger partial charge in [0.2, 0.25) is 0 Å². The van der Waals surface area contributed by atoms with Gasteiger partial charge < -0.3 is 0 Å². The third-order valence-corrected chi connectivity index (χ3v) is 11.3. The fourth-order valence-corrected chi connectivity index (χ4v) is 9.30. The molecule has 0 bridgehead atoms. The quantitative estimate of drug-likeness (QED) is 0.460. The molecular weight excluding hydrogens is 402 g/mol. The van der Waals surface area contributed by atoms with Crippen molar-refractivity contribution in [3.63, 3.8) is 0 Å². The van der Waals surface area contributed by atoms with Crippen LogP contribution in [0.4, 0.5) is 5.13 Å². The lowest BCUT2D eigenvalue weighted by Gasteiger charge is -2.58. The summed E-state index contributed by atoms with van der Waals surface area (Å²) in [5.41, 5.74) is 3.42. The highest BCUT2D eigenvalue weighted by molar-refractivity contribution is 7.15. The van der Waals surface area contributed by atoms with Gasteiger partial charge in [-0.1, -0.05) is 46.1 Å². The van der Waals surface area contributed by atoms with Crippen molar-refractivity contribution in [3.05, 3.63) is 16.3 Å². The SMILES string of the molecule is CC1=C2[C@](C)(CCC(=O)[N+]2(C)c2nnc(C(C)(C)C)s2)[C@H]2CC[C@]3(C)CCC[C@H]3[C@@H]2C1. The number of allylic oxidation sites excluding steroid dienone is 2. The van der Waals surface area contributed by atoms with Crippen LogP contribution < -0.4 is 4.48 Å². The highest BCUT2D eigenvalue weighted by atomic mass is 32.1. The Morgan fingerprint density at radius 2 is 1.81 bits per heavy atom. The van der Waals surface area contributed by atoms with E-state index in [0.717, 1.165) is 28.4 Å². The number of rotatable bonds is 1. The summed E-state index contributed by atoms with van der Waals surface area (Å²) in [7, 11) is 2.12. The molecule has 1 aromatic rings. The van der Waals surface area contributed by atoms with Crippen molar-refractivity contribution in [2.45, 2.75) is 98.3 Å². The standard InChI is InChI=1S/C26H40N3OS/c1-16-15-17-18-9-8-12-25(18,5)13-10-19(17)26(6)14-11-20(30)29(7,21(16)26)23-28-27-22(31-23)24(2,3)4/h17-19H,8-15H2,1-7H3/q+1/t17-,18-,19-,25-,26+,29?/m0/s1. The van der Waals surface area contributed by atoms with Crippen molar-refractivity contribution in [1.82, 2.24) is 14.7 Å². The molecule has 3 fully saturated rings. The Labute approximate surface area is 192 Å². The van der Waals surface area contributed by atoms with E-state index in [2.05, 4.69) is 58.8 Å². The maximum absolute atomic E-state index is 13.6. The Morgan fingerprint density at radius 3 is 2.48 bits per heavy atom. The van der Waals surface area contributed by atoms with Crippen LogP contribution in [0, 0.1) is 28.6 Å². The summed E-state index contributed by atoms with van der Waals surface area (Å²) in [5.74, 6) is 2.65. The molecule has 4 aliphatic rings. The summed E-state index contributed by atoms with van der Waals surface area (Å²) >= 11 is 1.64. The lowest BCUT2D eigenvalue weighted by Crippen LogP contribution is -2.62. The number of hydrogen-bond acceptors (Lipinski definition) is 4. The van der Waals surface area contributed by atoms with Crippen molar-refractivity contribution in [2.24, 2.45) is 28.6 Å². The number of likely N-dealkylation sites (tertiary alicyclic amines) is 1. The molecule has 4 nitrogen and oxygen atoms in total. The lowest BCUT2D eigenvalue weighted by molar-refractivity contribution is -0.135. The van der Waals surface area contributed by atoms with Crippen LogP contribution in [0.15, 0.2) is 11.3 Å². The highest BCUT2D eigenvalue weighted by Crippen LogP contribution is 2.66. The number of amides is 1. The molecule has 1 saturated heterocycles. The van der Waals surface area contributed by atoms with Gasteiger partial charge in [-0.3, -0.25) is 0 Å². The first-order chi connectivity index (χ1) is 14.4. The first-order valence-corrected chi connectivity index (χ1v) is 13.2. The fraction of sp³-hybridized carbons (Fsp3) is 0.808. The number of hydrogen-bond donors (Lipinski definition) is 0. The maximum Gasteiger partial charge on any atom is 0.325 e. The minimum atomic E-state index is -0.0470. The van der Waals surface area contributed by atoms with Crippen molar-refractivity contribution < 1.29 is 4.79 Å². The van der Waals surface area contributed by atoms with E-state index in [1.807, 2.05) is 0 Å². The molecule has 2 saturated carbocycles. The maximum atomic E-state index is 13.6. The minimum absolute atomic E-state index is 0.0470. The van der Waals surface area contributed by atoms with Gasteiger partial charge in [0.15, 0.2) is 0 Å². The molecule has 0 N–H and O–H groups in total. The zero-order valence-corrected chi connectivity index (χ0v) is 21.4. The Morgan fingerprint density at radius 1 is 1.06 bits per heavy atom. The Balaban J connectivity index is 1.63. The summed E-state index contributed by atoms with van der Waals surface area (Å²) in [4.78, 5) is 13.6. The second-order valence-corrected chi connectivity index (χ2v) is 13.7. The average molecular weight is 443 g/mol. The molecule has 2 heterocycles. The zero-order valence-electron chi connectivity index (χ0n) is 20.5. The van der Waals surface area contributed by atoms with Gasteiger partial charge in [0.05, 0.1) is 13.5 Å². The highest BCUT2D eigenvalue weighted by Gasteiger charge is 2.64. The first-order valence-electron chi connectivity index (χ1n) is 12.4. The van der Waals surface area contributed by atoms with Crippen LogP contribution in [-0.2, 0) is 10.2 Å². The molecule has 1 unspecified atom stereocenters. The van der Waals surface area contributed by atoms with Crippen LogP contribution in [0.3, 0.4) is 0 Å². The van der Waals surface area contributed by atoms with E-state index < -0.39 is 0 Å². The molecule has 1 aliphatic heterocycles. The molecule has 1 aromatic heterocycles. The molecular formula is C26H40N3OS+. The molecule has 0 radical (unpaired) electrons. The number of quaternary nitrogens is 1. The van der Waals surface area contributed by atoms with E-state index in [-0.39, 0.29) is 15.3 Å². The molecule has 170 valence electrons. The van der Waals surface area contributed by atoms with Crippen molar-refractivity contribution in [2.75, 3.05) is 7.05 Å². The molecule has 5 rings (SSSR count). The lowest BCUT2D eigenvalue weighted by atomic mass is 9.48. The van der Waals surface area contributed by atoms with Crippen molar-refractivity contribution in [3.8, 4) is 0 Å². The summed E-state index contributed by atoms with van der Waals surface area (Å²) in [5, 5.41) is 11.1. The van der Waals surface area contributed by atoms with E-state index in [0.29, 0.717) is 23.7 Å². The minimum Gasteiger partial charge on any atom is -0.230 e. The molecule has 5 heteroatoms. The van der Waals surface area contributed by atoms with Crippen LogP contribution in [-0.4, -0.2) is 23.2 Å². The van der Waals surface area contributed by atoms with Crippen molar-refractivity contribution >= 4 is 22.4 Å². The summed E-state index contributed by atoms with van der Waals surface area (Å²) in [6, 6.07) is 0. The van der Waals surface area contributed by atoms with E-state index in [9.17, 15) is 4.79 Å². The zero-order chi connectivity index (χ0) is 22.4. The van der Waals surface area contributed by atoms with Crippen LogP contribution in [0.5, 0.6) is 0 Å². The number of carbonyl (C=O) groups is 1. The van der Waals surface area contributed by atoms with Crippen LogP contribution in [0.1, 0.15) is 97.9 Å². The second-order valence-electron chi connectivity index (χ2n) is 12.8. The Kier molecular flexibility index (Phi) is 4.72. The monoisotopic (exact) mass is 442 g/mol. The number of aromatic nitrogens is 2. The van der Waals surface area contributed by atoms with Gasteiger partial charge in [0.1, 0.15) is 10.7 Å². The first kappa shape index (κ1) is 21.8. The third-order valence-electron chi connectivity index (χ3n) is 9.77. The van der Waals surface area contributed by atoms with E-state index >= 15 is 0 Å². The van der Waals surface area contributed by atoms with Gasteiger partial charge in [0, 0.05) is 10.8 Å². The predicted molar refractivity (Wildman–Crippen MR) is 128 cm³/mol. The average Bonchev–Trinajstić information content (AvgIpc) is 3.32. The van der Waals surface area contributed by atoms with Gasteiger partial charge in [-0.2, -0.15) is 4.48 Å². The molecule has 0 spiro atoms. The number of piperidine rings is 1. The smallest absolute Gasteiger partial charge is 0.230 e. The Bertz CT molecular complexity index is 958. The summed E-state index contributed by atoms with van der Waals surface area (Å²) in [6.45, 7) is 13.9. The molecule has 0 aromatic carbocycles. The topological polar surface area (TPSA) is 42.9 Å². The normalized spacial score (nSPS) is 42.9. The molecule has 6 atom stereocenters. The summed E-state index contributed by atoms with van der Waals surface area (Å²) in [6.07, 6.45) is 9.74. The largest absolute Gasteiger partial charge is 0.325 e. The van der Waals surface area contributed by atoms with E-state index in [1.165, 1.54) is 49.8 Å². The summed E-state index contributed by atoms with van der Waals surface area (Å²) < 4.78 is 0.265. The van der Waals surface area contributed by atoms with Gasteiger partial charge in [-0.15, -0.1) is 5.10 Å². The van der Waals surface area contributed by atoms with E-state index in [1.54, 1.807) is 11.3 Å². The van der Waals surface area contributed by atoms with Gasteiger partial charge >= 0.3 is 11.0 Å². The van der Waals surface area contributed by atoms with Gasteiger partial charge in [0.25, 0.3) is 0 Å². The van der Waals surface area contributed by atoms with Crippen LogP contribution in [0.25, 0.3) is 0 Å². The van der Waals surface area contributed by atoms with Crippen LogP contribution in [0.2, 0.25) is 0 Å². The molecule has 1 amide bonds. The number of carbonyl (C=O) groups excluding carboxylic acids is 1. The number of nitrogens with zero attached hydrogens (tertiary/aromatic N) is 3. The fourth-order valence-electron chi connectivity index (χ4n) is 8.28.